The van der Waals surface area contributed by atoms with E-state index >= 15 is 0 Å². The zero-order valence-electron chi connectivity index (χ0n) is 6.93. The Hall–Kier alpha value is -0.780. The molecule has 0 aliphatic heterocycles. The van der Waals surface area contributed by atoms with Gasteiger partial charge in [0.1, 0.15) is 0 Å². The SMILES string of the molecule is c1nscc1CNCc1cnsc1. The molecule has 2 rings (SSSR count). The molecule has 0 spiro atoms. The molecular weight excluding hydrogens is 202 g/mol. The summed E-state index contributed by atoms with van der Waals surface area (Å²) in [6.45, 7) is 1.76. The minimum absolute atomic E-state index is 0.881. The second kappa shape index (κ2) is 4.45. The Labute approximate surface area is 84.8 Å². The van der Waals surface area contributed by atoms with E-state index in [9.17, 15) is 0 Å². The lowest BCUT2D eigenvalue weighted by Crippen LogP contribution is -2.11. The van der Waals surface area contributed by atoms with Crippen LogP contribution in [0.15, 0.2) is 23.2 Å². The third-order valence-corrected chi connectivity index (χ3v) is 2.90. The highest BCUT2D eigenvalue weighted by molar-refractivity contribution is 7.03. The van der Waals surface area contributed by atoms with Gasteiger partial charge in [-0.1, -0.05) is 0 Å². The van der Waals surface area contributed by atoms with E-state index in [1.807, 2.05) is 12.4 Å². The predicted molar refractivity (Wildman–Crippen MR) is 54.8 cm³/mol. The van der Waals surface area contributed by atoms with E-state index in [0.717, 1.165) is 13.1 Å². The van der Waals surface area contributed by atoms with E-state index in [2.05, 4.69) is 24.8 Å². The number of nitrogens with one attached hydrogen (secondary N) is 1. The first-order valence-electron chi connectivity index (χ1n) is 3.92. The Morgan fingerprint density at radius 1 is 1.00 bits per heavy atom. The minimum Gasteiger partial charge on any atom is -0.308 e. The number of hydrogen-bond donors (Lipinski definition) is 1. The molecule has 2 aromatic rings. The Bertz CT molecular complexity index is 294. The summed E-state index contributed by atoms with van der Waals surface area (Å²) < 4.78 is 8.06. The molecule has 0 aromatic carbocycles. The van der Waals surface area contributed by atoms with E-state index in [-0.39, 0.29) is 0 Å². The van der Waals surface area contributed by atoms with Gasteiger partial charge < -0.3 is 5.32 Å². The molecule has 0 atom stereocenters. The van der Waals surface area contributed by atoms with Crippen molar-refractivity contribution in [2.75, 3.05) is 0 Å². The molecule has 0 amide bonds. The fraction of sp³-hybridized carbons (Fsp3) is 0.250. The molecule has 0 bridgehead atoms. The molecule has 13 heavy (non-hydrogen) atoms. The average molecular weight is 211 g/mol. The summed E-state index contributed by atoms with van der Waals surface area (Å²) in [5, 5.41) is 7.43. The van der Waals surface area contributed by atoms with Gasteiger partial charge in [0.25, 0.3) is 0 Å². The summed E-state index contributed by atoms with van der Waals surface area (Å²) in [6, 6.07) is 0. The van der Waals surface area contributed by atoms with E-state index in [0.29, 0.717) is 0 Å². The molecule has 68 valence electrons. The quantitative estimate of drug-likeness (QED) is 0.839. The van der Waals surface area contributed by atoms with Crippen LogP contribution < -0.4 is 5.32 Å². The number of aromatic nitrogens is 2. The van der Waals surface area contributed by atoms with Crippen LogP contribution in [0.5, 0.6) is 0 Å². The van der Waals surface area contributed by atoms with Crippen LogP contribution in [0, 0.1) is 0 Å². The lowest BCUT2D eigenvalue weighted by Gasteiger charge is -1.98. The number of rotatable bonds is 4. The molecule has 2 heterocycles. The summed E-state index contributed by atoms with van der Waals surface area (Å²) in [5.41, 5.74) is 2.49. The summed E-state index contributed by atoms with van der Waals surface area (Å²) in [5.74, 6) is 0. The van der Waals surface area contributed by atoms with Gasteiger partial charge in [0.2, 0.25) is 0 Å². The van der Waals surface area contributed by atoms with Crippen molar-refractivity contribution in [2.45, 2.75) is 13.1 Å². The predicted octanol–water partition coefficient (Wildman–Crippen LogP) is 1.89. The molecule has 0 saturated heterocycles. The highest BCUT2D eigenvalue weighted by Gasteiger charge is 1.95. The summed E-state index contributed by atoms with van der Waals surface area (Å²) in [4.78, 5) is 0. The van der Waals surface area contributed by atoms with Crippen LogP contribution in [0.1, 0.15) is 11.1 Å². The van der Waals surface area contributed by atoms with Crippen molar-refractivity contribution in [3.63, 3.8) is 0 Å². The van der Waals surface area contributed by atoms with Crippen molar-refractivity contribution in [1.29, 1.82) is 0 Å². The number of nitrogens with zero attached hydrogens (tertiary/aromatic N) is 2. The highest BCUT2D eigenvalue weighted by Crippen LogP contribution is 2.03. The van der Waals surface area contributed by atoms with Gasteiger partial charge >= 0.3 is 0 Å². The van der Waals surface area contributed by atoms with Crippen LogP contribution in [-0.2, 0) is 13.1 Å². The molecule has 0 saturated carbocycles. The zero-order valence-corrected chi connectivity index (χ0v) is 8.57. The molecule has 5 heteroatoms. The van der Waals surface area contributed by atoms with Crippen LogP contribution in [0.2, 0.25) is 0 Å². The van der Waals surface area contributed by atoms with Gasteiger partial charge in [0, 0.05) is 36.2 Å². The van der Waals surface area contributed by atoms with Gasteiger partial charge in [-0.3, -0.25) is 0 Å². The maximum Gasteiger partial charge on any atom is 0.0451 e. The first-order chi connectivity index (χ1) is 6.45. The second-order valence-corrected chi connectivity index (χ2v) is 3.98. The molecule has 1 N–H and O–H groups in total. The lowest BCUT2D eigenvalue weighted by molar-refractivity contribution is 0.695. The van der Waals surface area contributed by atoms with Crippen LogP contribution in [0.4, 0.5) is 0 Å². The largest absolute Gasteiger partial charge is 0.308 e. The van der Waals surface area contributed by atoms with Crippen molar-refractivity contribution in [2.24, 2.45) is 0 Å². The summed E-state index contributed by atoms with van der Waals surface area (Å²) in [6.07, 6.45) is 3.78. The lowest BCUT2D eigenvalue weighted by atomic mass is 10.3. The first kappa shape index (κ1) is 8.80. The van der Waals surface area contributed by atoms with Crippen LogP contribution in [0.3, 0.4) is 0 Å². The van der Waals surface area contributed by atoms with Gasteiger partial charge in [0.15, 0.2) is 0 Å². The Balaban J connectivity index is 1.76. The first-order valence-corrected chi connectivity index (χ1v) is 5.59. The van der Waals surface area contributed by atoms with E-state index in [1.165, 1.54) is 34.2 Å². The smallest absolute Gasteiger partial charge is 0.0451 e. The number of hydrogen-bond acceptors (Lipinski definition) is 5. The maximum atomic E-state index is 4.03. The summed E-state index contributed by atoms with van der Waals surface area (Å²) >= 11 is 2.97. The van der Waals surface area contributed by atoms with Gasteiger partial charge in [-0.15, -0.1) is 0 Å². The third kappa shape index (κ3) is 2.58. The van der Waals surface area contributed by atoms with Crippen molar-refractivity contribution >= 4 is 23.1 Å². The van der Waals surface area contributed by atoms with Crippen molar-refractivity contribution in [3.05, 3.63) is 34.3 Å². The molecular formula is C8H9N3S2. The standard InChI is InChI=1S/C8H9N3S2/c1(7-3-10-12-5-7)9-2-8-4-11-13-6-8/h3-6,9H,1-2H2. The Kier molecular flexibility index (Phi) is 3.02. The summed E-state index contributed by atoms with van der Waals surface area (Å²) in [7, 11) is 0. The molecule has 3 nitrogen and oxygen atoms in total. The van der Waals surface area contributed by atoms with Crippen molar-refractivity contribution < 1.29 is 0 Å². The maximum absolute atomic E-state index is 4.03. The highest BCUT2D eigenvalue weighted by atomic mass is 32.1. The van der Waals surface area contributed by atoms with Crippen molar-refractivity contribution in [1.82, 2.24) is 14.1 Å². The van der Waals surface area contributed by atoms with Crippen LogP contribution in [-0.4, -0.2) is 8.75 Å². The topological polar surface area (TPSA) is 37.8 Å². The van der Waals surface area contributed by atoms with Gasteiger partial charge in [-0.05, 0) is 34.2 Å². The van der Waals surface area contributed by atoms with E-state index in [4.69, 9.17) is 0 Å². The van der Waals surface area contributed by atoms with Crippen molar-refractivity contribution in [3.8, 4) is 0 Å². The molecule has 0 radical (unpaired) electrons. The molecule has 0 aliphatic rings. The van der Waals surface area contributed by atoms with E-state index in [1.54, 1.807) is 0 Å². The Morgan fingerprint density at radius 3 is 1.92 bits per heavy atom. The normalized spacial score (nSPS) is 10.5. The van der Waals surface area contributed by atoms with Gasteiger partial charge in [0.05, 0.1) is 0 Å². The zero-order chi connectivity index (χ0) is 8.93. The Morgan fingerprint density at radius 2 is 1.54 bits per heavy atom. The molecule has 2 aromatic heterocycles. The molecule has 0 unspecified atom stereocenters. The fourth-order valence-corrected chi connectivity index (χ4v) is 2.05. The van der Waals surface area contributed by atoms with Gasteiger partial charge in [-0.25, -0.2) is 8.75 Å². The average Bonchev–Trinajstić information content (AvgIpc) is 2.75. The van der Waals surface area contributed by atoms with Crippen LogP contribution >= 0.6 is 23.1 Å². The third-order valence-electron chi connectivity index (χ3n) is 1.63. The molecule has 0 fully saturated rings. The van der Waals surface area contributed by atoms with Crippen LogP contribution in [0.25, 0.3) is 0 Å². The van der Waals surface area contributed by atoms with Gasteiger partial charge in [-0.2, -0.15) is 0 Å². The monoisotopic (exact) mass is 211 g/mol. The van der Waals surface area contributed by atoms with E-state index < -0.39 is 0 Å². The second-order valence-electron chi connectivity index (χ2n) is 2.67. The minimum atomic E-state index is 0.881. The fourth-order valence-electron chi connectivity index (χ4n) is 0.979. The molecule has 0 aliphatic carbocycles.